The van der Waals surface area contributed by atoms with Gasteiger partial charge >= 0.3 is 5.97 Å². The highest BCUT2D eigenvalue weighted by atomic mass is 16.4. The van der Waals surface area contributed by atoms with E-state index in [9.17, 15) is 9.90 Å². The Hall–Kier alpha value is -1.35. The topological polar surface area (TPSA) is 57.5 Å². The van der Waals surface area contributed by atoms with Crippen LogP contribution in [0.1, 0.15) is 36.6 Å². The van der Waals surface area contributed by atoms with E-state index in [4.69, 9.17) is 5.11 Å². The zero-order valence-corrected chi connectivity index (χ0v) is 10.8. The van der Waals surface area contributed by atoms with Crippen molar-refractivity contribution in [1.82, 2.24) is 0 Å². The number of aliphatic carboxylic acids is 1. The Morgan fingerprint density at radius 3 is 2.00 bits per heavy atom. The number of benzene rings is 1. The van der Waals surface area contributed by atoms with Gasteiger partial charge in [-0.2, -0.15) is 0 Å². The molecule has 94 valence electrons. The number of rotatable bonds is 4. The first-order valence-corrected chi connectivity index (χ1v) is 5.82. The van der Waals surface area contributed by atoms with Crippen LogP contribution in [0.2, 0.25) is 0 Å². The van der Waals surface area contributed by atoms with Crippen LogP contribution in [0.4, 0.5) is 0 Å². The third-order valence-electron chi connectivity index (χ3n) is 3.26. The van der Waals surface area contributed by atoms with Crippen LogP contribution in [0.25, 0.3) is 0 Å². The van der Waals surface area contributed by atoms with Crippen LogP contribution < -0.4 is 0 Å². The number of aliphatic hydroxyl groups is 1. The van der Waals surface area contributed by atoms with E-state index in [0.717, 1.165) is 16.7 Å². The van der Waals surface area contributed by atoms with E-state index in [1.807, 2.05) is 32.0 Å². The number of carboxylic acids is 1. The average molecular weight is 236 g/mol. The number of aryl methyl sites for hydroxylation is 2. The molecule has 0 aliphatic rings. The second-order valence-corrected chi connectivity index (χ2v) is 4.85. The minimum Gasteiger partial charge on any atom is -0.481 e. The fourth-order valence-electron chi connectivity index (χ4n) is 1.98. The normalized spacial score (nSPS) is 16.3. The van der Waals surface area contributed by atoms with Gasteiger partial charge in [-0.05, 0) is 25.3 Å². The zero-order chi connectivity index (χ0) is 13.2. The van der Waals surface area contributed by atoms with Crippen LogP contribution in [0.3, 0.4) is 0 Å². The minimum absolute atomic E-state index is 0.311. The fourth-order valence-corrected chi connectivity index (χ4v) is 1.98. The highest BCUT2D eigenvalue weighted by molar-refractivity contribution is 5.69. The molecule has 0 amide bonds. The first-order chi connectivity index (χ1) is 7.82. The zero-order valence-electron chi connectivity index (χ0n) is 10.8. The van der Waals surface area contributed by atoms with E-state index < -0.39 is 18.0 Å². The number of hydrogen-bond acceptors (Lipinski definition) is 2. The molecule has 1 aromatic carbocycles. The maximum absolute atomic E-state index is 10.9. The van der Waals surface area contributed by atoms with E-state index >= 15 is 0 Å². The number of aliphatic hydroxyl groups excluding tert-OH is 1. The summed E-state index contributed by atoms with van der Waals surface area (Å²) in [4.78, 5) is 10.9. The van der Waals surface area contributed by atoms with Crippen LogP contribution in [0, 0.1) is 25.7 Å². The van der Waals surface area contributed by atoms with Gasteiger partial charge in [0.2, 0.25) is 0 Å². The van der Waals surface area contributed by atoms with Gasteiger partial charge in [0.05, 0.1) is 12.0 Å². The van der Waals surface area contributed by atoms with Crippen molar-refractivity contribution in [1.29, 1.82) is 0 Å². The number of hydrogen-bond donors (Lipinski definition) is 2. The molecule has 3 atom stereocenters. The molecule has 1 aromatic rings. The molecule has 0 radical (unpaired) electrons. The van der Waals surface area contributed by atoms with Crippen LogP contribution in [0.5, 0.6) is 0 Å². The summed E-state index contributed by atoms with van der Waals surface area (Å²) in [6.45, 7) is 7.32. The van der Waals surface area contributed by atoms with Crippen molar-refractivity contribution in [2.45, 2.75) is 33.8 Å². The van der Waals surface area contributed by atoms with Gasteiger partial charge in [0.25, 0.3) is 0 Å². The van der Waals surface area contributed by atoms with E-state index in [0.29, 0.717) is 0 Å². The van der Waals surface area contributed by atoms with E-state index in [-0.39, 0.29) is 5.92 Å². The lowest BCUT2D eigenvalue weighted by Crippen LogP contribution is -2.24. The van der Waals surface area contributed by atoms with Crippen LogP contribution >= 0.6 is 0 Å². The summed E-state index contributed by atoms with van der Waals surface area (Å²) < 4.78 is 0. The predicted octanol–water partition coefficient (Wildman–Crippen LogP) is 2.69. The Balaban J connectivity index is 2.95. The summed E-state index contributed by atoms with van der Waals surface area (Å²) in [6, 6.07) is 5.84. The van der Waals surface area contributed by atoms with Crippen molar-refractivity contribution in [3.05, 3.63) is 34.9 Å². The third kappa shape index (κ3) is 3.30. The molecular weight excluding hydrogens is 216 g/mol. The Morgan fingerprint density at radius 2 is 1.59 bits per heavy atom. The van der Waals surface area contributed by atoms with Crippen molar-refractivity contribution in [3.63, 3.8) is 0 Å². The molecular formula is C14H20O3. The Kier molecular flexibility index (Phi) is 4.29. The Labute approximate surface area is 102 Å². The molecule has 0 spiro atoms. The lowest BCUT2D eigenvalue weighted by Gasteiger charge is -2.23. The first-order valence-electron chi connectivity index (χ1n) is 5.82. The molecule has 3 heteroatoms. The lowest BCUT2D eigenvalue weighted by atomic mass is 9.86. The van der Waals surface area contributed by atoms with E-state index in [1.165, 1.54) is 0 Å². The number of carboxylic acid groups (broad SMARTS) is 1. The lowest BCUT2D eigenvalue weighted by molar-refractivity contribution is -0.144. The molecule has 0 heterocycles. The summed E-state index contributed by atoms with van der Waals surface area (Å²) in [5.41, 5.74) is 2.95. The summed E-state index contributed by atoms with van der Waals surface area (Å²) in [6.07, 6.45) is -0.736. The Bertz CT molecular complexity index is 392. The molecule has 17 heavy (non-hydrogen) atoms. The smallest absolute Gasteiger partial charge is 0.306 e. The summed E-state index contributed by atoms with van der Waals surface area (Å²) in [7, 11) is 0. The SMILES string of the molecule is Cc1cc(C)cc(C(O)C(C)C(C)C(=O)O)c1. The summed E-state index contributed by atoms with van der Waals surface area (Å²) >= 11 is 0. The number of carbonyl (C=O) groups is 1. The molecule has 0 bridgehead atoms. The third-order valence-corrected chi connectivity index (χ3v) is 3.26. The maximum atomic E-state index is 10.9. The summed E-state index contributed by atoms with van der Waals surface area (Å²) in [5.74, 6) is -1.75. The molecule has 0 aliphatic carbocycles. The second kappa shape index (κ2) is 5.32. The van der Waals surface area contributed by atoms with Gasteiger partial charge in [0, 0.05) is 0 Å². The Morgan fingerprint density at radius 1 is 1.12 bits per heavy atom. The van der Waals surface area contributed by atoms with Gasteiger partial charge in [0.15, 0.2) is 0 Å². The van der Waals surface area contributed by atoms with Crippen molar-refractivity contribution in [2.24, 2.45) is 11.8 Å². The minimum atomic E-state index is -0.874. The van der Waals surface area contributed by atoms with Gasteiger partial charge in [-0.3, -0.25) is 4.79 Å². The molecule has 1 rings (SSSR count). The molecule has 3 nitrogen and oxygen atoms in total. The standard InChI is InChI=1S/C14H20O3/c1-8-5-9(2)7-12(6-8)13(15)10(3)11(4)14(16)17/h5-7,10-11,13,15H,1-4H3,(H,16,17). The van der Waals surface area contributed by atoms with Crippen LogP contribution in [0.15, 0.2) is 18.2 Å². The maximum Gasteiger partial charge on any atom is 0.306 e. The fraction of sp³-hybridized carbons (Fsp3) is 0.500. The second-order valence-electron chi connectivity index (χ2n) is 4.85. The van der Waals surface area contributed by atoms with E-state index in [2.05, 4.69) is 0 Å². The van der Waals surface area contributed by atoms with Gasteiger partial charge in [-0.25, -0.2) is 0 Å². The molecule has 0 aliphatic heterocycles. The largest absolute Gasteiger partial charge is 0.481 e. The van der Waals surface area contributed by atoms with Crippen molar-refractivity contribution >= 4 is 5.97 Å². The molecule has 0 saturated carbocycles. The van der Waals surface area contributed by atoms with Gasteiger partial charge in [0.1, 0.15) is 0 Å². The van der Waals surface area contributed by atoms with Gasteiger partial charge < -0.3 is 10.2 Å². The van der Waals surface area contributed by atoms with Crippen LogP contribution in [-0.4, -0.2) is 16.2 Å². The van der Waals surface area contributed by atoms with E-state index in [1.54, 1.807) is 13.8 Å². The monoisotopic (exact) mass is 236 g/mol. The highest BCUT2D eigenvalue weighted by Gasteiger charge is 2.27. The highest BCUT2D eigenvalue weighted by Crippen LogP contribution is 2.29. The predicted molar refractivity (Wildman–Crippen MR) is 66.8 cm³/mol. The van der Waals surface area contributed by atoms with Crippen molar-refractivity contribution < 1.29 is 15.0 Å². The quantitative estimate of drug-likeness (QED) is 0.845. The molecule has 0 saturated heterocycles. The van der Waals surface area contributed by atoms with Crippen LogP contribution in [-0.2, 0) is 4.79 Å². The molecule has 3 unspecified atom stereocenters. The van der Waals surface area contributed by atoms with Crippen molar-refractivity contribution in [2.75, 3.05) is 0 Å². The average Bonchev–Trinajstić information content (AvgIpc) is 2.24. The molecule has 2 N–H and O–H groups in total. The van der Waals surface area contributed by atoms with Gasteiger partial charge in [-0.15, -0.1) is 0 Å². The summed E-state index contributed by atoms with van der Waals surface area (Å²) in [5, 5.41) is 19.1. The molecule has 0 aromatic heterocycles. The first kappa shape index (κ1) is 13.7. The molecule has 0 fully saturated rings. The van der Waals surface area contributed by atoms with Gasteiger partial charge in [-0.1, -0.05) is 43.2 Å². The van der Waals surface area contributed by atoms with Crippen molar-refractivity contribution in [3.8, 4) is 0 Å².